The summed E-state index contributed by atoms with van der Waals surface area (Å²) in [6.45, 7) is 7.42. The summed E-state index contributed by atoms with van der Waals surface area (Å²) in [6.07, 6.45) is 0.906. The van der Waals surface area contributed by atoms with Crippen LogP contribution in [0, 0.1) is 5.41 Å². The zero-order chi connectivity index (χ0) is 19.4. The van der Waals surface area contributed by atoms with E-state index in [1.807, 2.05) is 47.4 Å². The van der Waals surface area contributed by atoms with Gasteiger partial charge in [-0.15, -0.1) is 0 Å². The molecule has 2 aliphatic heterocycles. The van der Waals surface area contributed by atoms with Crippen LogP contribution < -0.4 is 4.74 Å². The number of amides is 1. The van der Waals surface area contributed by atoms with E-state index in [1.54, 1.807) is 0 Å². The lowest BCUT2D eigenvalue weighted by Gasteiger charge is -2.34. The molecule has 0 bridgehead atoms. The summed E-state index contributed by atoms with van der Waals surface area (Å²) in [5, 5.41) is 0. The number of carbonyl (C=O) groups is 1. The van der Waals surface area contributed by atoms with Crippen LogP contribution in [0.2, 0.25) is 0 Å². The van der Waals surface area contributed by atoms with Gasteiger partial charge in [0.2, 0.25) is 5.91 Å². The van der Waals surface area contributed by atoms with Crippen LogP contribution >= 0.6 is 0 Å². The molecule has 1 atom stereocenters. The van der Waals surface area contributed by atoms with Gasteiger partial charge in [0.05, 0.1) is 18.6 Å². The van der Waals surface area contributed by atoms with Gasteiger partial charge in [0.25, 0.3) is 0 Å². The number of ether oxygens (including phenoxy) is 2. The SMILES string of the molecule is CC1(C(=O)N2CCOCC2)CCN(Cc2cccc(Oc3ccccc3)c2)C1. The van der Waals surface area contributed by atoms with Gasteiger partial charge < -0.3 is 14.4 Å². The molecule has 2 aromatic carbocycles. The van der Waals surface area contributed by atoms with Gasteiger partial charge in [-0.3, -0.25) is 9.69 Å². The molecule has 5 nitrogen and oxygen atoms in total. The van der Waals surface area contributed by atoms with Crippen molar-refractivity contribution in [1.82, 2.24) is 9.80 Å². The number of carbonyl (C=O) groups excluding carboxylic acids is 1. The van der Waals surface area contributed by atoms with Crippen molar-refractivity contribution in [2.45, 2.75) is 19.9 Å². The number of hydrogen-bond acceptors (Lipinski definition) is 4. The van der Waals surface area contributed by atoms with Crippen molar-refractivity contribution in [3.63, 3.8) is 0 Å². The van der Waals surface area contributed by atoms with Crippen molar-refractivity contribution in [1.29, 1.82) is 0 Å². The van der Waals surface area contributed by atoms with Gasteiger partial charge in [0, 0.05) is 26.2 Å². The molecule has 0 aromatic heterocycles. The summed E-state index contributed by atoms with van der Waals surface area (Å²) in [5.74, 6) is 1.96. The Hall–Kier alpha value is -2.37. The Labute approximate surface area is 166 Å². The number of benzene rings is 2. The number of hydrogen-bond donors (Lipinski definition) is 0. The highest BCUT2D eigenvalue weighted by Crippen LogP contribution is 2.33. The van der Waals surface area contributed by atoms with E-state index in [9.17, 15) is 4.79 Å². The molecule has 4 rings (SSSR count). The third-order valence-electron chi connectivity index (χ3n) is 5.65. The summed E-state index contributed by atoms with van der Waals surface area (Å²) in [5.41, 5.74) is 0.909. The van der Waals surface area contributed by atoms with E-state index < -0.39 is 0 Å². The Morgan fingerprint density at radius 3 is 2.57 bits per heavy atom. The molecule has 0 spiro atoms. The number of morpholine rings is 1. The molecule has 148 valence electrons. The molecule has 1 unspecified atom stereocenters. The van der Waals surface area contributed by atoms with E-state index in [2.05, 4.69) is 24.0 Å². The Morgan fingerprint density at radius 2 is 1.79 bits per heavy atom. The topological polar surface area (TPSA) is 42.0 Å². The first kappa shape index (κ1) is 19.0. The minimum absolute atomic E-state index is 0.277. The highest BCUT2D eigenvalue weighted by atomic mass is 16.5. The first-order chi connectivity index (χ1) is 13.6. The van der Waals surface area contributed by atoms with Gasteiger partial charge in [0.1, 0.15) is 11.5 Å². The maximum Gasteiger partial charge on any atom is 0.230 e. The Morgan fingerprint density at radius 1 is 1.04 bits per heavy atom. The number of rotatable bonds is 5. The van der Waals surface area contributed by atoms with Gasteiger partial charge in [0.15, 0.2) is 0 Å². The second-order valence-electron chi connectivity index (χ2n) is 7.99. The predicted molar refractivity (Wildman–Crippen MR) is 108 cm³/mol. The standard InChI is InChI=1S/C23H28N2O3/c1-23(22(26)25-12-14-27-15-13-25)10-11-24(18-23)17-19-6-5-9-21(16-19)28-20-7-3-2-4-8-20/h2-9,16H,10-15,17-18H2,1H3. The molecule has 0 radical (unpaired) electrons. The molecule has 5 heteroatoms. The lowest BCUT2D eigenvalue weighted by Crippen LogP contribution is -2.48. The average Bonchev–Trinajstić information content (AvgIpc) is 3.11. The highest BCUT2D eigenvalue weighted by molar-refractivity contribution is 5.83. The van der Waals surface area contributed by atoms with Gasteiger partial charge in [-0.25, -0.2) is 0 Å². The molecule has 2 fully saturated rings. The maximum absolute atomic E-state index is 13.0. The third-order valence-corrected chi connectivity index (χ3v) is 5.65. The molecule has 2 aliphatic rings. The van der Waals surface area contributed by atoms with Gasteiger partial charge >= 0.3 is 0 Å². The fourth-order valence-electron chi connectivity index (χ4n) is 4.10. The fourth-order valence-corrected chi connectivity index (χ4v) is 4.10. The predicted octanol–water partition coefficient (Wildman–Crippen LogP) is 3.55. The average molecular weight is 380 g/mol. The molecule has 1 amide bonds. The van der Waals surface area contributed by atoms with Gasteiger partial charge in [-0.2, -0.15) is 0 Å². The molecular weight excluding hydrogens is 352 g/mol. The quantitative estimate of drug-likeness (QED) is 0.796. The molecule has 2 aromatic rings. The van der Waals surface area contributed by atoms with Crippen LogP contribution in [0.3, 0.4) is 0 Å². The normalized spacial score (nSPS) is 23.0. The van der Waals surface area contributed by atoms with E-state index in [1.165, 1.54) is 5.56 Å². The molecule has 2 heterocycles. The van der Waals surface area contributed by atoms with Crippen LogP contribution in [0.4, 0.5) is 0 Å². The molecular formula is C23H28N2O3. The summed E-state index contributed by atoms with van der Waals surface area (Å²) >= 11 is 0. The first-order valence-electron chi connectivity index (χ1n) is 10.0. The number of likely N-dealkylation sites (tertiary alicyclic amines) is 1. The fraction of sp³-hybridized carbons (Fsp3) is 0.435. The lowest BCUT2D eigenvalue weighted by molar-refractivity contribution is -0.144. The Bertz CT molecular complexity index is 805. The molecule has 0 saturated carbocycles. The first-order valence-corrected chi connectivity index (χ1v) is 10.0. The summed E-state index contributed by atoms with van der Waals surface area (Å²) < 4.78 is 11.3. The minimum Gasteiger partial charge on any atom is -0.457 e. The van der Waals surface area contributed by atoms with Crippen LogP contribution in [-0.2, 0) is 16.1 Å². The van der Waals surface area contributed by atoms with Crippen LogP contribution in [-0.4, -0.2) is 55.1 Å². The van der Waals surface area contributed by atoms with E-state index in [0.29, 0.717) is 26.3 Å². The smallest absolute Gasteiger partial charge is 0.230 e. The van der Waals surface area contributed by atoms with Gasteiger partial charge in [-0.1, -0.05) is 30.3 Å². The monoisotopic (exact) mass is 380 g/mol. The van der Waals surface area contributed by atoms with Crippen molar-refractivity contribution in [3.8, 4) is 11.5 Å². The molecule has 28 heavy (non-hydrogen) atoms. The lowest BCUT2D eigenvalue weighted by atomic mass is 9.88. The Balaban J connectivity index is 1.37. The molecule has 0 N–H and O–H groups in total. The number of para-hydroxylation sites is 1. The third kappa shape index (κ3) is 4.37. The summed E-state index contributed by atoms with van der Waals surface area (Å²) in [7, 11) is 0. The van der Waals surface area contributed by atoms with E-state index in [-0.39, 0.29) is 11.3 Å². The zero-order valence-corrected chi connectivity index (χ0v) is 16.5. The van der Waals surface area contributed by atoms with Crippen molar-refractivity contribution in [2.75, 3.05) is 39.4 Å². The second kappa shape index (κ2) is 8.33. The van der Waals surface area contributed by atoms with Crippen LogP contribution in [0.15, 0.2) is 54.6 Å². The second-order valence-corrected chi connectivity index (χ2v) is 7.99. The summed E-state index contributed by atoms with van der Waals surface area (Å²) in [4.78, 5) is 17.3. The molecule has 0 aliphatic carbocycles. The van der Waals surface area contributed by atoms with Crippen LogP contribution in [0.5, 0.6) is 11.5 Å². The molecule has 2 saturated heterocycles. The van der Waals surface area contributed by atoms with Crippen molar-refractivity contribution < 1.29 is 14.3 Å². The van der Waals surface area contributed by atoms with E-state index in [4.69, 9.17) is 9.47 Å². The highest BCUT2D eigenvalue weighted by Gasteiger charge is 2.42. The van der Waals surface area contributed by atoms with Gasteiger partial charge in [-0.05, 0) is 49.7 Å². The van der Waals surface area contributed by atoms with E-state index in [0.717, 1.165) is 37.6 Å². The van der Waals surface area contributed by atoms with Crippen LogP contribution in [0.25, 0.3) is 0 Å². The Kier molecular flexibility index (Phi) is 5.64. The zero-order valence-electron chi connectivity index (χ0n) is 16.5. The summed E-state index contributed by atoms with van der Waals surface area (Å²) in [6, 6.07) is 18.0. The van der Waals surface area contributed by atoms with Crippen LogP contribution in [0.1, 0.15) is 18.9 Å². The van der Waals surface area contributed by atoms with Crippen molar-refractivity contribution in [3.05, 3.63) is 60.2 Å². The van der Waals surface area contributed by atoms with Crippen molar-refractivity contribution in [2.24, 2.45) is 5.41 Å². The van der Waals surface area contributed by atoms with E-state index >= 15 is 0 Å². The maximum atomic E-state index is 13.0. The number of nitrogens with zero attached hydrogens (tertiary/aromatic N) is 2. The largest absolute Gasteiger partial charge is 0.457 e. The van der Waals surface area contributed by atoms with Crippen molar-refractivity contribution >= 4 is 5.91 Å². The minimum atomic E-state index is -0.296.